The number of rotatable bonds is 1. The quantitative estimate of drug-likeness (QED) is 0.809. The van der Waals surface area contributed by atoms with E-state index >= 15 is 0 Å². The second-order valence-electron chi connectivity index (χ2n) is 6.78. The molecule has 1 aliphatic carbocycles. The van der Waals surface area contributed by atoms with Crippen LogP contribution in [0.15, 0.2) is 24.3 Å². The van der Waals surface area contributed by atoms with E-state index < -0.39 is 6.10 Å². The number of ether oxygens (including phenoxy) is 2. The van der Waals surface area contributed by atoms with Crippen molar-refractivity contribution in [3.05, 3.63) is 35.4 Å². The molecule has 1 aromatic carbocycles. The van der Waals surface area contributed by atoms with Gasteiger partial charge in [0.1, 0.15) is 6.10 Å². The Hall–Kier alpha value is -1.52. The Morgan fingerprint density at radius 1 is 1.41 bits per heavy atom. The lowest BCUT2D eigenvalue weighted by atomic mass is 9.69. The fraction of sp³-hybridized carbons (Fsp3) is 0.556. The van der Waals surface area contributed by atoms with Crippen molar-refractivity contribution in [2.24, 2.45) is 0 Å². The van der Waals surface area contributed by atoms with E-state index in [9.17, 15) is 5.11 Å². The molecule has 3 aliphatic rings. The molecule has 0 aromatic heterocycles. The van der Waals surface area contributed by atoms with E-state index in [0.717, 1.165) is 24.5 Å². The minimum absolute atomic E-state index is 0.00347. The summed E-state index contributed by atoms with van der Waals surface area (Å²) in [5.41, 5.74) is 2.47. The van der Waals surface area contributed by atoms with Crippen LogP contribution in [0.1, 0.15) is 36.9 Å². The molecule has 0 radical (unpaired) electrons. The first-order valence-electron chi connectivity index (χ1n) is 8.02. The average molecular weight is 301 g/mol. The summed E-state index contributed by atoms with van der Waals surface area (Å²) < 4.78 is 11.8. The van der Waals surface area contributed by atoms with Gasteiger partial charge in [0.2, 0.25) is 0 Å². The summed E-state index contributed by atoms with van der Waals surface area (Å²) in [6, 6.07) is 4.53. The number of aliphatic hydroxyl groups is 1. The topological polar surface area (TPSA) is 41.9 Å². The van der Waals surface area contributed by atoms with Crippen molar-refractivity contribution in [1.82, 2.24) is 4.90 Å². The molecule has 0 amide bonds. The molecular formula is C18H23NO3. The molecule has 4 heteroatoms. The number of benzene rings is 1. The lowest BCUT2D eigenvalue weighted by molar-refractivity contribution is 0.0813. The van der Waals surface area contributed by atoms with Crippen LogP contribution in [0.4, 0.5) is 0 Å². The van der Waals surface area contributed by atoms with E-state index in [-0.39, 0.29) is 11.5 Å². The third-order valence-electron chi connectivity index (χ3n) is 5.73. The Kier molecular flexibility index (Phi) is 3.03. The molecule has 2 aliphatic heterocycles. The zero-order valence-corrected chi connectivity index (χ0v) is 13.4. The minimum atomic E-state index is -0.419. The first kappa shape index (κ1) is 14.1. The van der Waals surface area contributed by atoms with Crippen molar-refractivity contribution in [3.8, 4) is 11.5 Å². The molecule has 0 fully saturated rings. The molecule has 0 saturated carbocycles. The normalized spacial score (nSPS) is 36.3. The molecule has 4 nitrogen and oxygen atoms in total. The maximum absolute atomic E-state index is 10.0. The van der Waals surface area contributed by atoms with Gasteiger partial charge in [0, 0.05) is 18.0 Å². The van der Waals surface area contributed by atoms with E-state index in [1.165, 1.54) is 11.1 Å². The largest absolute Gasteiger partial charge is 0.493 e. The van der Waals surface area contributed by atoms with Crippen LogP contribution in [0.5, 0.6) is 11.5 Å². The SMILES string of the molecule is COc1ccc2c3c1O[C@H]1C[C@@H](O)C=C[C@@]31CCN(C)C2C. The van der Waals surface area contributed by atoms with E-state index in [1.54, 1.807) is 7.11 Å². The molecule has 118 valence electrons. The molecule has 1 spiro atoms. The Morgan fingerprint density at radius 2 is 2.23 bits per heavy atom. The van der Waals surface area contributed by atoms with Crippen LogP contribution in [-0.2, 0) is 5.41 Å². The van der Waals surface area contributed by atoms with Crippen molar-refractivity contribution in [3.63, 3.8) is 0 Å². The summed E-state index contributed by atoms with van der Waals surface area (Å²) in [4.78, 5) is 2.39. The molecule has 1 N–H and O–H groups in total. The van der Waals surface area contributed by atoms with Crippen LogP contribution < -0.4 is 9.47 Å². The van der Waals surface area contributed by atoms with Crippen molar-refractivity contribution in [2.45, 2.75) is 43.4 Å². The predicted molar refractivity (Wildman–Crippen MR) is 84.5 cm³/mol. The fourth-order valence-corrected chi connectivity index (χ4v) is 4.28. The van der Waals surface area contributed by atoms with Crippen LogP contribution in [0, 0.1) is 0 Å². The van der Waals surface area contributed by atoms with Crippen LogP contribution >= 0.6 is 0 Å². The average Bonchev–Trinajstić information content (AvgIpc) is 2.80. The molecular weight excluding hydrogens is 278 g/mol. The molecule has 1 unspecified atom stereocenters. The Bertz CT molecular complexity index is 641. The summed E-state index contributed by atoms with van der Waals surface area (Å²) in [5.74, 6) is 1.68. The van der Waals surface area contributed by atoms with Crippen molar-refractivity contribution >= 4 is 0 Å². The molecule has 0 bridgehead atoms. The Labute approximate surface area is 131 Å². The van der Waals surface area contributed by atoms with Gasteiger partial charge < -0.3 is 14.6 Å². The van der Waals surface area contributed by atoms with Gasteiger partial charge in [0.15, 0.2) is 11.5 Å². The zero-order valence-electron chi connectivity index (χ0n) is 13.4. The zero-order chi connectivity index (χ0) is 15.5. The third-order valence-corrected chi connectivity index (χ3v) is 5.73. The van der Waals surface area contributed by atoms with Gasteiger partial charge in [-0.2, -0.15) is 0 Å². The second kappa shape index (κ2) is 4.74. The lowest BCUT2D eigenvalue weighted by Gasteiger charge is -2.35. The van der Waals surface area contributed by atoms with E-state index in [0.29, 0.717) is 12.5 Å². The fourth-order valence-electron chi connectivity index (χ4n) is 4.28. The van der Waals surface area contributed by atoms with Gasteiger partial charge >= 0.3 is 0 Å². The highest BCUT2D eigenvalue weighted by Gasteiger charge is 2.53. The summed E-state index contributed by atoms with van der Waals surface area (Å²) in [5, 5.41) is 10.0. The molecule has 22 heavy (non-hydrogen) atoms. The molecule has 4 atom stereocenters. The number of hydrogen-bond donors (Lipinski definition) is 1. The molecule has 2 heterocycles. The third kappa shape index (κ3) is 1.71. The van der Waals surface area contributed by atoms with Crippen molar-refractivity contribution < 1.29 is 14.6 Å². The summed E-state index contributed by atoms with van der Waals surface area (Å²) in [6.07, 6.45) is 5.36. The molecule has 1 aromatic rings. The van der Waals surface area contributed by atoms with Crippen LogP contribution in [0.2, 0.25) is 0 Å². The molecule has 4 rings (SSSR count). The standard InChI is InChI=1S/C18H23NO3/c1-11-13-4-5-14(21-3)17-16(13)18(8-9-19(11)2)7-6-12(20)10-15(18)22-17/h4-7,11-12,15,20H,8-10H2,1-3H3/t11?,12-,15-,18-/m0/s1. The second-order valence-corrected chi connectivity index (χ2v) is 6.78. The van der Waals surface area contributed by atoms with Gasteiger partial charge in [-0.15, -0.1) is 0 Å². The monoisotopic (exact) mass is 301 g/mol. The summed E-state index contributed by atoms with van der Waals surface area (Å²) in [7, 11) is 3.86. The highest BCUT2D eigenvalue weighted by atomic mass is 16.5. The highest BCUT2D eigenvalue weighted by Crippen LogP contribution is 2.57. The van der Waals surface area contributed by atoms with Crippen LogP contribution in [0.3, 0.4) is 0 Å². The van der Waals surface area contributed by atoms with Crippen LogP contribution in [0.25, 0.3) is 0 Å². The van der Waals surface area contributed by atoms with E-state index in [4.69, 9.17) is 9.47 Å². The van der Waals surface area contributed by atoms with Crippen molar-refractivity contribution in [2.75, 3.05) is 20.7 Å². The first-order chi connectivity index (χ1) is 10.6. The number of hydrogen-bond acceptors (Lipinski definition) is 4. The van der Waals surface area contributed by atoms with Gasteiger partial charge in [-0.05, 0) is 38.6 Å². The first-order valence-corrected chi connectivity index (χ1v) is 8.02. The van der Waals surface area contributed by atoms with E-state index in [2.05, 4.69) is 31.0 Å². The van der Waals surface area contributed by atoms with Gasteiger partial charge in [-0.1, -0.05) is 18.2 Å². The minimum Gasteiger partial charge on any atom is -0.493 e. The number of methoxy groups -OCH3 is 1. The van der Waals surface area contributed by atoms with Gasteiger partial charge in [0.25, 0.3) is 0 Å². The maximum Gasteiger partial charge on any atom is 0.166 e. The van der Waals surface area contributed by atoms with Crippen molar-refractivity contribution in [1.29, 1.82) is 0 Å². The highest BCUT2D eigenvalue weighted by molar-refractivity contribution is 5.61. The Morgan fingerprint density at radius 3 is 3.00 bits per heavy atom. The van der Waals surface area contributed by atoms with Gasteiger partial charge in [-0.25, -0.2) is 0 Å². The Balaban J connectivity index is 1.98. The lowest BCUT2D eigenvalue weighted by Crippen LogP contribution is -2.42. The van der Waals surface area contributed by atoms with Gasteiger partial charge in [-0.3, -0.25) is 4.90 Å². The predicted octanol–water partition coefficient (Wildman–Crippen LogP) is 2.41. The van der Waals surface area contributed by atoms with Crippen LogP contribution in [-0.4, -0.2) is 42.9 Å². The summed E-state index contributed by atoms with van der Waals surface area (Å²) >= 11 is 0. The maximum atomic E-state index is 10.0. The molecule has 0 saturated heterocycles. The summed E-state index contributed by atoms with van der Waals surface area (Å²) in [6.45, 7) is 3.26. The number of nitrogens with zero attached hydrogens (tertiary/aromatic N) is 1. The smallest absolute Gasteiger partial charge is 0.166 e. The number of aliphatic hydroxyl groups excluding tert-OH is 1. The van der Waals surface area contributed by atoms with Gasteiger partial charge in [0.05, 0.1) is 18.6 Å². The van der Waals surface area contributed by atoms with E-state index in [1.807, 2.05) is 12.1 Å².